The molecular weight excluding hydrogens is 232 g/mol. The molecule has 0 spiro atoms. The van der Waals surface area contributed by atoms with Gasteiger partial charge in [-0.25, -0.2) is 0 Å². The van der Waals surface area contributed by atoms with Gasteiger partial charge in [0.1, 0.15) is 5.51 Å². The van der Waals surface area contributed by atoms with Crippen LogP contribution in [0.25, 0.3) is 10.9 Å². The Labute approximate surface area is 103 Å². The van der Waals surface area contributed by atoms with E-state index < -0.39 is 0 Å². The Balaban J connectivity index is 1.69. The lowest BCUT2D eigenvalue weighted by Crippen LogP contribution is -2.04. The van der Waals surface area contributed by atoms with Crippen molar-refractivity contribution in [1.82, 2.24) is 15.2 Å². The fraction of sp³-hybridized carbons (Fsp3) is 0.167. The van der Waals surface area contributed by atoms with Gasteiger partial charge in [0.05, 0.1) is 0 Å². The van der Waals surface area contributed by atoms with Crippen molar-refractivity contribution in [2.45, 2.75) is 6.42 Å². The van der Waals surface area contributed by atoms with Gasteiger partial charge in [0, 0.05) is 23.6 Å². The molecule has 0 unspecified atom stereocenters. The molecule has 1 aromatic carbocycles. The van der Waals surface area contributed by atoms with E-state index in [1.54, 1.807) is 5.51 Å². The monoisotopic (exact) mass is 244 g/mol. The van der Waals surface area contributed by atoms with Crippen molar-refractivity contribution in [2.75, 3.05) is 11.9 Å². The summed E-state index contributed by atoms with van der Waals surface area (Å²) in [6.45, 7) is 0.872. The van der Waals surface area contributed by atoms with Gasteiger partial charge in [0.15, 0.2) is 0 Å². The summed E-state index contributed by atoms with van der Waals surface area (Å²) in [5, 5.41) is 13.2. The van der Waals surface area contributed by atoms with E-state index in [0.29, 0.717) is 0 Å². The van der Waals surface area contributed by atoms with Gasteiger partial charge in [-0.2, -0.15) is 0 Å². The van der Waals surface area contributed by atoms with E-state index in [9.17, 15) is 0 Å². The van der Waals surface area contributed by atoms with Crippen molar-refractivity contribution in [2.24, 2.45) is 0 Å². The van der Waals surface area contributed by atoms with Crippen molar-refractivity contribution in [1.29, 1.82) is 0 Å². The first-order chi connectivity index (χ1) is 8.43. The van der Waals surface area contributed by atoms with Gasteiger partial charge in [-0.1, -0.05) is 29.5 Å². The molecule has 0 amide bonds. The zero-order valence-corrected chi connectivity index (χ0v) is 10.00. The minimum absolute atomic E-state index is 0.872. The van der Waals surface area contributed by atoms with Crippen molar-refractivity contribution in [3.05, 3.63) is 41.5 Å². The highest BCUT2D eigenvalue weighted by atomic mass is 32.1. The Hall–Kier alpha value is -1.88. The number of nitrogens with zero attached hydrogens (tertiary/aromatic N) is 2. The third-order valence-electron chi connectivity index (χ3n) is 2.71. The van der Waals surface area contributed by atoms with Crippen LogP contribution in [0.3, 0.4) is 0 Å². The molecule has 0 aliphatic carbocycles. The summed E-state index contributed by atoms with van der Waals surface area (Å²) in [6, 6.07) is 8.35. The number of H-pyrrole nitrogens is 1. The highest BCUT2D eigenvalue weighted by Gasteiger charge is 2.02. The summed E-state index contributed by atoms with van der Waals surface area (Å²) in [5.74, 6) is 0. The molecular formula is C12H12N4S. The van der Waals surface area contributed by atoms with Crippen molar-refractivity contribution < 1.29 is 0 Å². The van der Waals surface area contributed by atoms with E-state index in [0.717, 1.165) is 18.1 Å². The Morgan fingerprint density at radius 2 is 2.24 bits per heavy atom. The second-order valence-corrected chi connectivity index (χ2v) is 4.61. The third-order valence-corrected chi connectivity index (χ3v) is 3.35. The zero-order valence-electron chi connectivity index (χ0n) is 9.18. The molecule has 2 heterocycles. The zero-order chi connectivity index (χ0) is 11.5. The van der Waals surface area contributed by atoms with Crippen LogP contribution in [0.15, 0.2) is 36.0 Å². The summed E-state index contributed by atoms with van der Waals surface area (Å²) in [4.78, 5) is 3.28. The number of rotatable bonds is 4. The summed E-state index contributed by atoms with van der Waals surface area (Å²) >= 11 is 1.52. The third kappa shape index (κ3) is 2.14. The Morgan fingerprint density at radius 1 is 1.29 bits per heavy atom. The molecule has 0 atom stereocenters. The van der Waals surface area contributed by atoms with E-state index in [4.69, 9.17) is 0 Å². The average molecular weight is 244 g/mol. The van der Waals surface area contributed by atoms with Crippen LogP contribution in [-0.4, -0.2) is 21.7 Å². The van der Waals surface area contributed by atoms with Gasteiger partial charge in [0.25, 0.3) is 0 Å². The molecule has 0 bridgehead atoms. The maximum Gasteiger partial charge on any atom is 0.205 e. The summed E-state index contributed by atoms with van der Waals surface area (Å²) in [5.41, 5.74) is 4.25. The fourth-order valence-corrected chi connectivity index (χ4v) is 2.37. The van der Waals surface area contributed by atoms with Crippen LogP contribution in [0.2, 0.25) is 0 Å². The largest absolute Gasteiger partial charge is 0.361 e. The van der Waals surface area contributed by atoms with E-state index >= 15 is 0 Å². The molecule has 17 heavy (non-hydrogen) atoms. The van der Waals surface area contributed by atoms with Crippen LogP contribution in [0, 0.1) is 0 Å². The number of para-hydroxylation sites is 1. The van der Waals surface area contributed by atoms with Crippen LogP contribution in [0.5, 0.6) is 0 Å². The average Bonchev–Trinajstić information content (AvgIpc) is 2.99. The van der Waals surface area contributed by atoms with E-state index in [2.05, 4.69) is 44.9 Å². The smallest absolute Gasteiger partial charge is 0.205 e. The van der Waals surface area contributed by atoms with Gasteiger partial charge in [-0.15, -0.1) is 10.2 Å². The highest BCUT2D eigenvalue weighted by Crippen LogP contribution is 2.18. The number of hydrogen-bond donors (Lipinski definition) is 2. The normalized spacial score (nSPS) is 10.8. The number of nitrogens with one attached hydrogen (secondary N) is 2. The first-order valence-corrected chi connectivity index (χ1v) is 6.36. The number of aromatic amines is 1. The molecule has 0 saturated carbocycles. The minimum Gasteiger partial charge on any atom is -0.361 e. The van der Waals surface area contributed by atoms with E-state index in [1.807, 2.05) is 6.07 Å². The molecule has 2 N–H and O–H groups in total. The molecule has 0 saturated heterocycles. The lowest BCUT2D eigenvalue weighted by atomic mass is 10.1. The quantitative estimate of drug-likeness (QED) is 0.742. The molecule has 86 valence electrons. The van der Waals surface area contributed by atoms with Crippen LogP contribution >= 0.6 is 11.3 Å². The number of aromatic nitrogens is 3. The summed E-state index contributed by atoms with van der Waals surface area (Å²) in [6.07, 6.45) is 3.05. The predicted octanol–water partition coefficient (Wildman–Crippen LogP) is 2.67. The molecule has 0 aliphatic rings. The Bertz CT molecular complexity index is 600. The molecule has 2 aromatic heterocycles. The summed E-state index contributed by atoms with van der Waals surface area (Å²) in [7, 11) is 0. The number of benzene rings is 1. The molecule has 3 rings (SSSR count). The van der Waals surface area contributed by atoms with Gasteiger partial charge in [-0.05, 0) is 18.1 Å². The Kier molecular flexibility index (Phi) is 2.75. The van der Waals surface area contributed by atoms with E-state index in [1.165, 1.54) is 27.8 Å². The number of hydrogen-bond acceptors (Lipinski definition) is 4. The van der Waals surface area contributed by atoms with Crippen LogP contribution in [0.4, 0.5) is 5.13 Å². The molecule has 4 nitrogen and oxygen atoms in total. The fourth-order valence-electron chi connectivity index (χ4n) is 1.89. The maximum atomic E-state index is 3.95. The van der Waals surface area contributed by atoms with Crippen LogP contribution in [0.1, 0.15) is 5.56 Å². The van der Waals surface area contributed by atoms with Crippen molar-refractivity contribution in [3.8, 4) is 0 Å². The number of anilines is 1. The van der Waals surface area contributed by atoms with Gasteiger partial charge in [-0.3, -0.25) is 0 Å². The maximum absolute atomic E-state index is 3.95. The van der Waals surface area contributed by atoms with E-state index in [-0.39, 0.29) is 0 Å². The van der Waals surface area contributed by atoms with Gasteiger partial charge < -0.3 is 10.3 Å². The molecule has 0 aliphatic heterocycles. The van der Waals surface area contributed by atoms with Gasteiger partial charge in [0.2, 0.25) is 5.13 Å². The number of fused-ring (bicyclic) bond motifs is 1. The Morgan fingerprint density at radius 3 is 3.12 bits per heavy atom. The SMILES string of the molecule is c1ccc2c(CCNc3nncs3)c[nH]c2c1. The molecule has 5 heteroatoms. The highest BCUT2D eigenvalue weighted by molar-refractivity contribution is 7.13. The lowest BCUT2D eigenvalue weighted by Gasteiger charge is -2.00. The standard InChI is InChI=1S/C12H12N4S/c1-2-4-11-10(3-1)9(7-14-11)5-6-13-12-16-15-8-17-12/h1-4,7-8,14H,5-6H2,(H,13,16). The van der Waals surface area contributed by atoms with Crippen LogP contribution in [-0.2, 0) is 6.42 Å². The first-order valence-electron chi connectivity index (χ1n) is 5.48. The summed E-state index contributed by atoms with van der Waals surface area (Å²) < 4.78 is 0. The van der Waals surface area contributed by atoms with Crippen molar-refractivity contribution in [3.63, 3.8) is 0 Å². The van der Waals surface area contributed by atoms with Crippen LogP contribution < -0.4 is 5.32 Å². The molecule has 3 aromatic rings. The second kappa shape index (κ2) is 4.55. The van der Waals surface area contributed by atoms with Crippen molar-refractivity contribution >= 4 is 27.4 Å². The minimum atomic E-state index is 0.872. The first kappa shape index (κ1) is 10.3. The topological polar surface area (TPSA) is 53.6 Å². The van der Waals surface area contributed by atoms with Gasteiger partial charge >= 0.3 is 0 Å². The lowest BCUT2D eigenvalue weighted by molar-refractivity contribution is 1.00. The molecule has 0 radical (unpaired) electrons. The predicted molar refractivity (Wildman–Crippen MR) is 70.4 cm³/mol. The molecule has 0 fully saturated rings. The second-order valence-electron chi connectivity index (χ2n) is 3.78.